The fourth-order valence-electron chi connectivity index (χ4n) is 4.21. The minimum Gasteiger partial charge on any atom is -0.454 e. The molecule has 0 bridgehead atoms. The smallest absolute Gasteiger partial charge is 0.340 e. The molecule has 4 atom stereocenters. The summed E-state index contributed by atoms with van der Waals surface area (Å²) in [6.45, 7) is 1.48. The number of alkyl halides is 2. The average Bonchev–Trinajstić information content (AvgIpc) is 3.02. The van der Waals surface area contributed by atoms with Crippen LogP contribution in [0.5, 0.6) is 0 Å². The van der Waals surface area contributed by atoms with Crippen molar-refractivity contribution < 1.29 is 23.9 Å². The quantitative estimate of drug-likeness (QED) is 0.233. The highest BCUT2D eigenvalue weighted by molar-refractivity contribution is 9.12. The maximum Gasteiger partial charge on any atom is 0.340 e. The van der Waals surface area contributed by atoms with Gasteiger partial charge in [-0.15, -0.1) is 0 Å². The monoisotopic (exact) mass is 561 g/mol. The number of ether oxygens (including phenoxy) is 1. The molecule has 0 N–H and O–H groups in total. The number of esters is 1. The number of carbonyl (C=O) groups excluding carboxylic acids is 4. The first-order valence-electron chi connectivity index (χ1n) is 10.3. The molecule has 1 aliphatic carbocycles. The zero-order valence-electron chi connectivity index (χ0n) is 17.3. The Balaban J connectivity index is 1.53. The van der Waals surface area contributed by atoms with Crippen molar-refractivity contribution in [2.24, 2.45) is 11.8 Å². The molecule has 2 fully saturated rings. The predicted molar refractivity (Wildman–Crippen MR) is 126 cm³/mol. The summed E-state index contributed by atoms with van der Waals surface area (Å²) in [5, 5.41) is 0. The van der Waals surface area contributed by atoms with Gasteiger partial charge < -0.3 is 4.74 Å². The van der Waals surface area contributed by atoms with Crippen LogP contribution < -0.4 is 4.90 Å². The van der Waals surface area contributed by atoms with Gasteiger partial charge in [0.05, 0.1) is 23.1 Å². The molecule has 1 heterocycles. The Morgan fingerprint density at radius 2 is 1.50 bits per heavy atom. The number of hydrogen-bond acceptors (Lipinski definition) is 5. The summed E-state index contributed by atoms with van der Waals surface area (Å²) in [6, 6.07) is 13.3. The molecular weight excluding hydrogens is 542 g/mol. The minimum atomic E-state index is -0.756. The van der Waals surface area contributed by atoms with Gasteiger partial charge in [-0.25, -0.2) is 9.69 Å². The lowest BCUT2D eigenvalue weighted by Crippen LogP contribution is -2.34. The van der Waals surface area contributed by atoms with E-state index in [-0.39, 0.29) is 38.5 Å². The molecule has 2 aliphatic rings. The van der Waals surface area contributed by atoms with Crippen LogP contribution in [0.4, 0.5) is 5.69 Å². The Kier molecular flexibility index (Phi) is 6.62. The molecule has 2 amide bonds. The summed E-state index contributed by atoms with van der Waals surface area (Å²) < 4.78 is 5.25. The summed E-state index contributed by atoms with van der Waals surface area (Å²) >= 11 is 7.15. The van der Waals surface area contributed by atoms with Crippen molar-refractivity contribution in [2.75, 3.05) is 11.5 Å². The van der Waals surface area contributed by atoms with Crippen molar-refractivity contribution >= 4 is 61.1 Å². The molecule has 6 nitrogen and oxygen atoms in total. The largest absolute Gasteiger partial charge is 0.454 e. The topological polar surface area (TPSA) is 80.8 Å². The number of hydrogen-bond donors (Lipinski definition) is 0. The Labute approximate surface area is 202 Å². The lowest BCUT2D eigenvalue weighted by Gasteiger charge is -2.29. The number of aryl methyl sites for hydroxylation is 1. The summed E-state index contributed by atoms with van der Waals surface area (Å²) in [7, 11) is 0. The zero-order valence-corrected chi connectivity index (χ0v) is 20.5. The first kappa shape index (κ1) is 22.9. The SMILES string of the molecule is Cc1ccc(C(=O)COC(=O)c2ccccc2N2C(=O)[C@H]3C[C@@H](Br)[C@H](Br)C[C@H]3C2=O)cc1. The number of nitrogens with zero attached hydrogens (tertiary/aromatic N) is 1. The van der Waals surface area contributed by atoms with E-state index in [0.717, 1.165) is 10.5 Å². The third-order valence-corrected chi connectivity index (χ3v) is 8.72. The van der Waals surface area contributed by atoms with Crippen LogP contribution >= 0.6 is 31.9 Å². The second kappa shape index (κ2) is 9.27. The van der Waals surface area contributed by atoms with Gasteiger partial charge in [-0.3, -0.25) is 14.4 Å². The number of ketones is 1. The molecule has 0 unspecified atom stereocenters. The van der Waals surface area contributed by atoms with Crippen LogP contribution in [0.2, 0.25) is 0 Å². The Morgan fingerprint density at radius 3 is 2.09 bits per heavy atom. The number of anilines is 1. The number of para-hydroxylation sites is 1. The number of benzene rings is 2. The number of amides is 2. The average molecular weight is 563 g/mol. The van der Waals surface area contributed by atoms with Gasteiger partial charge in [-0.1, -0.05) is 73.8 Å². The van der Waals surface area contributed by atoms with Gasteiger partial charge in [-0.05, 0) is 31.9 Å². The zero-order chi connectivity index (χ0) is 23.0. The van der Waals surface area contributed by atoms with Gasteiger partial charge in [0.15, 0.2) is 12.4 Å². The molecule has 8 heteroatoms. The maximum atomic E-state index is 13.1. The molecule has 1 aliphatic heterocycles. The van der Waals surface area contributed by atoms with E-state index in [4.69, 9.17) is 4.74 Å². The third kappa shape index (κ3) is 4.30. The maximum absolute atomic E-state index is 13.1. The Hall–Kier alpha value is -2.32. The molecule has 166 valence electrons. The van der Waals surface area contributed by atoms with Crippen LogP contribution in [-0.4, -0.2) is 39.8 Å². The van der Waals surface area contributed by atoms with Gasteiger partial charge in [0.1, 0.15) is 0 Å². The lowest BCUT2D eigenvalue weighted by atomic mass is 9.81. The van der Waals surface area contributed by atoms with Gasteiger partial charge in [0.2, 0.25) is 11.8 Å². The fourth-order valence-corrected chi connectivity index (χ4v) is 5.44. The minimum absolute atomic E-state index is 0.0790. The van der Waals surface area contributed by atoms with Crippen LogP contribution in [0, 0.1) is 18.8 Å². The second-order valence-corrected chi connectivity index (χ2v) is 10.5. The van der Waals surface area contributed by atoms with E-state index < -0.39 is 24.4 Å². The Morgan fingerprint density at radius 1 is 0.938 bits per heavy atom. The molecule has 0 aromatic heterocycles. The predicted octanol–water partition coefficient (Wildman–Crippen LogP) is 4.46. The molecule has 2 aromatic carbocycles. The van der Waals surface area contributed by atoms with Crippen LogP contribution in [0.25, 0.3) is 0 Å². The normalized spacial score (nSPS) is 24.9. The highest BCUT2D eigenvalue weighted by atomic mass is 79.9. The third-order valence-electron chi connectivity index (χ3n) is 5.98. The van der Waals surface area contributed by atoms with E-state index >= 15 is 0 Å². The van der Waals surface area contributed by atoms with E-state index in [1.54, 1.807) is 30.3 Å². The number of carbonyl (C=O) groups is 4. The lowest BCUT2D eigenvalue weighted by molar-refractivity contribution is -0.122. The molecule has 2 aromatic rings. The van der Waals surface area contributed by atoms with E-state index in [1.807, 2.05) is 19.1 Å². The first-order valence-corrected chi connectivity index (χ1v) is 12.1. The van der Waals surface area contributed by atoms with Crippen molar-refractivity contribution in [2.45, 2.75) is 29.4 Å². The van der Waals surface area contributed by atoms with Crippen molar-refractivity contribution in [3.63, 3.8) is 0 Å². The van der Waals surface area contributed by atoms with E-state index in [9.17, 15) is 19.2 Å². The number of rotatable bonds is 5. The first-order chi connectivity index (χ1) is 15.3. The standard InChI is InChI=1S/C24H21Br2NO5/c1-13-6-8-14(9-7-13)21(28)12-32-24(31)15-4-2-3-5-20(15)27-22(29)16-10-18(25)19(26)11-17(16)23(27)30/h2-9,16-19H,10-12H2,1H3/t16-,17+,18-,19-/m1/s1. The summed E-state index contributed by atoms with van der Waals surface area (Å²) in [5.41, 5.74) is 1.74. The molecular formula is C24H21Br2NO5. The van der Waals surface area contributed by atoms with Crippen LogP contribution in [0.1, 0.15) is 39.1 Å². The van der Waals surface area contributed by atoms with Crippen molar-refractivity contribution in [1.29, 1.82) is 0 Å². The number of fused-ring (bicyclic) bond motifs is 1. The molecule has 0 radical (unpaired) electrons. The van der Waals surface area contributed by atoms with Crippen molar-refractivity contribution in [3.8, 4) is 0 Å². The summed E-state index contributed by atoms with van der Waals surface area (Å²) in [6.07, 6.45) is 1.08. The van der Waals surface area contributed by atoms with Gasteiger partial charge >= 0.3 is 5.97 Å². The second-order valence-electron chi connectivity index (χ2n) is 8.11. The molecule has 32 heavy (non-hydrogen) atoms. The van der Waals surface area contributed by atoms with Crippen LogP contribution in [0.15, 0.2) is 48.5 Å². The van der Waals surface area contributed by atoms with Gasteiger partial charge in [-0.2, -0.15) is 0 Å². The summed E-state index contributed by atoms with van der Waals surface area (Å²) in [4.78, 5) is 52.7. The number of halogens is 2. The highest BCUT2D eigenvalue weighted by Crippen LogP contribution is 2.44. The number of Topliss-reactive ketones (excluding diaryl/α,β-unsaturated/α-hetero) is 1. The van der Waals surface area contributed by atoms with Gasteiger partial charge in [0, 0.05) is 15.2 Å². The molecule has 1 saturated carbocycles. The van der Waals surface area contributed by atoms with Crippen LogP contribution in [0.3, 0.4) is 0 Å². The number of imide groups is 1. The van der Waals surface area contributed by atoms with Crippen molar-refractivity contribution in [3.05, 3.63) is 65.2 Å². The van der Waals surface area contributed by atoms with E-state index in [1.165, 1.54) is 6.07 Å². The summed E-state index contributed by atoms with van der Waals surface area (Å²) in [5.74, 6) is -2.55. The molecule has 0 spiro atoms. The Bertz CT molecular complexity index is 1060. The molecule has 1 saturated heterocycles. The highest BCUT2D eigenvalue weighted by Gasteiger charge is 2.52. The van der Waals surface area contributed by atoms with Crippen molar-refractivity contribution in [1.82, 2.24) is 0 Å². The molecule has 4 rings (SSSR count). The fraction of sp³-hybridized carbons (Fsp3) is 0.333. The van der Waals surface area contributed by atoms with E-state index in [0.29, 0.717) is 18.4 Å². The van der Waals surface area contributed by atoms with Crippen LogP contribution in [-0.2, 0) is 14.3 Å². The van der Waals surface area contributed by atoms with E-state index in [2.05, 4.69) is 31.9 Å². The van der Waals surface area contributed by atoms with Gasteiger partial charge in [0.25, 0.3) is 0 Å².